The molecule has 1 N–H and O–H groups in total. The van der Waals surface area contributed by atoms with Crippen molar-refractivity contribution in [3.05, 3.63) is 42.6 Å². The zero-order valence-corrected chi connectivity index (χ0v) is 15.7. The van der Waals surface area contributed by atoms with Crippen molar-refractivity contribution in [3.63, 3.8) is 0 Å². The van der Waals surface area contributed by atoms with Crippen LogP contribution in [0.3, 0.4) is 0 Å². The van der Waals surface area contributed by atoms with Crippen LogP contribution in [0.1, 0.15) is 31.2 Å². The van der Waals surface area contributed by atoms with E-state index in [0.29, 0.717) is 18.6 Å². The van der Waals surface area contributed by atoms with E-state index in [-0.39, 0.29) is 11.3 Å². The summed E-state index contributed by atoms with van der Waals surface area (Å²) in [6.45, 7) is 3.26. The normalized spacial score (nSPS) is 22.9. The van der Waals surface area contributed by atoms with E-state index in [1.54, 1.807) is 24.9 Å². The molecule has 0 radical (unpaired) electrons. The second kappa shape index (κ2) is 6.85. The Hall–Kier alpha value is -3.03. The van der Waals surface area contributed by atoms with E-state index >= 15 is 0 Å². The highest BCUT2D eigenvalue weighted by Gasteiger charge is 2.42. The summed E-state index contributed by atoms with van der Waals surface area (Å²) in [7, 11) is 0. The summed E-state index contributed by atoms with van der Waals surface area (Å²) in [6, 6.07) is 3.96. The van der Waals surface area contributed by atoms with Crippen LogP contribution in [0.15, 0.2) is 37.1 Å². The van der Waals surface area contributed by atoms with Gasteiger partial charge in [-0.25, -0.2) is 9.97 Å². The van der Waals surface area contributed by atoms with Crippen molar-refractivity contribution in [1.82, 2.24) is 29.8 Å². The number of pyridine rings is 1. The molecule has 2 aliphatic rings. The summed E-state index contributed by atoms with van der Waals surface area (Å²) in [4.78, 5) is 37.4. The minimum Gasteiger partial charge on any atom is -0.342 e. The largest absolute Gasteiger partial charge is 0.342 e. The lowest BCUT2D eigenvalue weighted by atomic mass is 9.73. The van der Waals surface area contributed by atoms with Gasteiger partial charge in [-0.05, 0) is 37.0 Å². The Morgan fingerprint density at radius 1 is 1.14 bits per heavy atom. The summed E-state index contributed by atoms with van der Waals surface area (Å²) >= 11 is 0. The number of aromatic nitrogens is 5. The lowest BCUT2D eigenvalue weighted by Gasteiger charge is -2.48. The fourth-order valence-electron chi connectivity index (χ4n) is 4.55. The number of rotatable bonds is 3. The quantitative estimate of drug-likeness (QED) is 0.752. The van der Waals surface area contributed by atoms with E-state index in [2.05, 4.69) is 29.8 Å². The van der Waals surface area contributed by atoms with Gasteiger partial charge in [0.2, 0.25) is 11.9 Å². The van der Waals surface area contributed by atoms with E-state index in [9.17, 15) is 4.79 Å². The molecule has 0 aromatic carbocycles. The van der Waals surface area contributed by atoms with Crippen molar-refractivity contribution in [2.75, 3.05) is 24.5 Å². The van der Waals surface area contributed by atoms with E-state index < -0.39 is 0 Å². The number of nitrogens with one attached hydrogen (secondary N) is 1. The number of hydrogen-bond acceptors (Lipinski definition) is 6. The van der Waals surface area contributed by atoms with E-state index in [0.717, 1.165) is 55.9 Å². The van der Waals surface area contributed by atoms with Crippen LogP contribution in [-0.4, -0.2) is 55.4 Å². The zero-order chi connectivity index (χ0) is 19.0. The third-order valence-electron chi connectivity index (χ3n) is 5.98. The third-order valence-corrected chi connectivity index (χ3v) is 5.98. The van der Waals surface area contributed by atoms with Gasteiger partial charge in [-0.3, -0.25) is 9.78 Å². The van der Waals surface area contributed by atoms with Gasteiger partial charge in [0.05, 0.1) is 12.5 Å². The first-order valence-corrected chi connectivity index (χ1v) is 9.79. The van der Waals surface area contributed by atoms with Gasteiger partial charge in [-0.1, -0.05) is 0 Å². The van der Waals surface area contributed by atoms with Crippen molar-refractivity contribution in [2.24, 2.45) is 5.41 Å². The van der Waals surface area contributed by atoms with Crippen molar-refractivity contribution < 1.29 is 4.79 Å². The Morgan fingerprint density at radius 2 is 2.04 bits per heavy atom. The van der Waals surface area contributed by atoms with Crippen LogP contribution >= 0.6 is 0 Å². The number of amides is 1. The van der Waals surface area contributed by atoms with Crippen LogP contribution in [0, 0.1) is 5.41 Å². The Balaban J connectivity index is 1.35. The number of H-pyrrole nitrogens is 1. The molecule has 5 rings (SSSR count). The Labute approximate surface area is 163 Å². The predicted octanol–water partition coefficient (Wildman–Crippen LogP) is 2.16. The number of anilines is 1. The summed E-state index contributed by atoms with van der Waals surface area (Å²) in [5, 5.41) is 0. The number of imidazole rings is 1. The molecule has 144 valence electrons. The van der Waals surface area contributed by atoms with Crippen LogP contribution in [0.5, 0.6) is 0 Å². The molecule has 2 saturated heterocycles. The first-order valence-electron chi connectivity index (χ1n) is 9.79. The molecule has 1 spiro atoms. The maximum atomic E-state index is 12.6. The third kappa shape index (κ3) is 3.19. The van der Waals surface area contributed by atoms with Crippen molar-refractivity contribution >= 4 is 23.0 Å². The highest BCUT2D eigenvalue weighted by atomic mass is 16.2. The fraction of sp³-hybridized carbons (Fsp3) is 0.450. The first-order chi connectivity index (χ1) is 13.7. The maximum Gasteiger partial charge on any atom is 0.227 e. The predicted molar refractivity (Wildman–Crippen MR) is 104 cm³/mol. The molecule has 2 aliphatic heterocycles. The molecule has 8 nitrogen and oxygen atoms in total. The van der Waals surface area contributed by atoms with Crippen molar-refractivity contribution in [3.8, 4) is 0 Å². The molecule has 8 heteroatoms. The Bertz CT molecular complexity index is 988. The smallest absolute Gasteiger partial charge is 0.227 e. The number of hydrogen-bond donors (Lipinski definition) is 1. The van der Waals surface area contributed by atoms with E-state index in [1.807, 2.05) is 17.0 Å². The van der Waals surface area contributed by atoms with Crippen LogP contribution in [0.25, 0.3) is 11.2 Å². The Morgan fingerprint density at radius 3 is 2.93 bits per heavy atom. The molecule has 1 amide bonds. The molecule has 2 fully saturated rings. The fourth-order valence-corrected chi connectivity index (χ4v) is 4.55. The van der Waals surface area contributed by atoms with E-state index in [4.69, 9.17) is 0 Å². The maximum absolute atomic E-state index is 12.6. The molecule has 0 bridgehead atoms. The number of nitrogens with zero attached hydrogens (tertiary/aromatic N) is 6. The van der Waals surface area contributed by atoms with Gasteiger partial charge in [0.1, 0.15) is 5.52 Å². The van der Waals surface area contributed by atoms with Crippen LogP contribution in [-0.2, 0) is 11.3 Å². The number of aromatic amines is 1. The lowest BCUT2D eigenvalue weighted by molar-refractivity contribution is -0.138. The molecule has 0 saturated carbocycles. The molecule has 1 atom stereocenters. The van der Waals surface area contributed by atoms with Crippen LogP contribution in [0.2, 0.25) is 0 Å². The van der Waals surface area contributed by atoms with E-state index in [1.165, 1.54) is 0 Å². The molecular formula is C20H23N7O. The van der Waals surface area contributed by atoms with Gasteiger partial charge in [-0.2, -0.15) is 4.98 Å². The zero-order valence-electron chi connectivity index (χ0n) is 15.7. The van der Waals surface area contributed by atoms with Crippen molar-refractivity contribution in [2.45, 2.75) is 32.2 Å². The van der Waals surface area contributed by atoms with Gasteiger partial charge in [-0.15, -0.1) is 0 Å². The monoisotopic (exact) mass is 377 g/mol. The van der Waals surface area contributed by atoms with Gasteiger partial charge in [0.25, 0.3) is 0 Å². The molecule has 5 heterocycles. The second-order valence-electron chi connectivity index (χ2n) is 7.94. The minimum atomic E-state index is 0.100. The van der Waals surface area contributed by atoms with Gasteiger partial charge >= 0.3 is 0 Å². The standard InChI is InChI=1S/C20H23N7O/c28-17-2-6-20(13-27(17)11-15-3-7-21-8-4-15)5-1-9-26(12-20)19-22-10-16-18(25-19)24-14-23-16/h3-4,7-8,10,14H,1-2,5-6,9,11-13H2,(H,22,23,24,25)/t20-/m0/s1. The van der Waals surface area contributed by atoms with Gasteiger partial charge in [0.15, 0.2) is 5.65 Å². The summed E-state index contributed by atoms with van der Waals surface area (Å²) < 4.78 is 0. The number of fused-ring (bicyclic) bond motifs is 1. The van der Waals surface area contributed by atoms with Gasteiger partial charge < -0.3 is 14.8 Å². The molecule has 28 heavy (non-hydrogen) atoms. The molecule has 0 unspecified atom stereocenters. The van der Waals surface area contributed by atoms with Crippen molar-refractivity contribution in [1.29, 1.82) is 0 Å². The Kier molecular flexibility index (Phi) is 4.18. The number of likely N-dealkylation sites (tertiary alicyclic amines) is 1. The lowest BCUT2D eigenvalue weighted by Crippen LogP contribution is -2.54. The topological polar surface area (TPSA) is 90.9 Å². The number of carbonyl (C=O) groups excluding carboxylic acids is 1. The average Bonchev–Trinajstić information content (AvgIpc) is 3.20. The number of piperidine rings is 2. The summed E-state index contributed by atoms with van der Waals surface area (Å²) in [5.41, 5.74) is 2.77. The first kappa shape index (κ1) is 17.1. The molecule has 0 aliphatic carbocycles. The number of carbonyl (C=O) groups is 1. The second-order valence-corrected chi connectivity index (χ2v) is 7.94. The summed E-state index contributed by atoms with van der Waals surface area (Å²) in [5.74, 6) is 0.977. The van der Waals surface area contributed by atoms with Crippen LogP contribution in [0.4, 0.5) is 5.95 Å². The summed E-state index contributed by atoms with van der Waals surface area (Å²) in [6.07, 6.45) is 10.8. The highest BCUT2D eigenvalue weighted by molar-refractivity contribution is 5.77. The molecule has 3 aromatic heterocycles. The SMILES string of the molecule is O=C1CC[C@]2(CCCN(c3ncc4[nH]cnc4n3)C2)CN1Cc1ccncc1. The minimum absolute atomic E-state index is 0.100. The molecular weight excluding hydrogens is 354 g/mol. The average molecular weight is 377 g/mol. The molecule has 3 aromatic rings. The highest BCUT2D eigenvalue weighted by Crippen LogP contribution is 2.40. The van der Waals surface area contributed by atoms with Crippen LogP contribution < -0.4 is 4.90 Å². The van der Waals surface area contributed by atoms with Gasteiger partial charge in [0, 0.05) is 50.4 Å².